The highest BCUT2D eigenvalue weighted by Gasteiger charge is 2.07. The van der Waals surface area contributed by atoms with Gasteiger partial charge in [-0.15, -0.1) is 0 Å². The fraction of sp³-hybridized carbons (Fsp3) is 0.111. The average molecular weight is 335 g/mol. The summed E-state index contributed by atoms with van der Waals surface area (Å²) in [5.41, 5.74) is 2.24. The maximum atomic E-state index is 12.9. The first-order valence-corrected chi connectivity index (χ1v) is 7.60. The molecule has 0 fully saturated rings. The number of carbonyl (C=O) groups is 1. The van der Waals surface area contributed by atoms with Gasteiger partial charge in [-0.3, -0.25) is 4.79 Å². The summed E-state index contributed by atoms with van der Waals surface area (Å²) in [7, 11) is 0. The molecule has 1 N–H and O–H groups in total. The molecule has 0 aliphatic carbocycles. The predicted octanol–water partition coefficient (Wildman–Crippen LogP) is 2.25. The van der Waals surface area contributed by atoms with Crippen LogP contribution in [0.1, 0.15) is 21.7 Å². The zero-order chi connectivity index (χ0) is 17.6. The number of hydrogen-bond acceptors (Lipinski definition) is 4. The van der Waals surface area contributed by atoms with Gasteiger partial charge in [0.25, 0.3) is 5.91 Å². The second-order valence-electron chi connectivity index (χ2n) is 5.28. The third kappa shape index (κ3) is 4.06. The molecule has 2 heterocycles. The number of benzene rings is 1. The van der Waals surface area contributed by atoms with Crippen molar-refractivity contribution in [3.8, 4) is 11.8 Å². The Bertz CT molecular complexity index is 910. The number of nitriles is 1. The second-order valence-corrected chi connectivity index (χ2v) is 5.28. The molecule has 2 aromatic heterocycles. The van der Waals surface area contributed by atoms with Crippen molar-refractivity contribution in [2.24, 2.45) is 0 Å². The van der Waals surface area contributed by atoms with Crippen molar-refractivity contribution in [3.05, 3.63) is 77.6 Å². The third-order valence-electron chi connectivity index (χ3n) is 3.54. The van der Waals surface area contributed by atoms with E-state index >= 15 is 0 Å². The highest BCUT2D eigenvalue weighted by atomic mass is 19.1. The minimum absolute atomic E-state index is 0.255. The maximum absolute atomic E-state index is 12.9. The summed E-state index contributed by atoms with van der Waals surface area (Å²) >= 11 is 0. The molecule has 3 rings (SSSR count). The zero-order valence-electron chi connectivity index (χ0n) is 13.2. The number of carbonyl (C=O) groups excluding carboxylic acids is 1. The van der Waals surface area contributed by atoms with E-state index in [9.17, 15) is 9.18 Å². The molecule has 3 aromatic rings. The SMILES string of the molecule is N#Cc1ccc(C(=O)NCCc2ccn(-c3ccc(F)cc3)n2)cn1. The van der Waals surface area contributed by atoms with Gasteiger partial charge in [0, 0.05) is 25.4 Å². The van der Waals surface area contributed by atoms with E-state index in [1.54, 1.807) is 29.1 Å². The van der Waals surface area contributed by atoms with E-state index in [1.165, 1.54) is 24.4 Å². The van der Waals surface area contributed by atoms with Crippen LogP contribution in [0.15, 0.2) is 54.9 Å². The van der Waals surface area contributed by atoms with Gasteiger partial charge in [-0.2, -0.15) is 10.4 Å². The Hall–Kier alpha value is -3.53. The lowest BCUT2D eigenvalue weighted by molar-refractivity contribution is 0.0953. The number of amides is 1. The maximum Gasteiger partial charge on any atom is 0.252 e. The van der Waals surface area contributed by atoms with Gasteiger partial charge in [-0.1, -0.05) is 0 Å². The normalized spacial score (nSPS) is 10.2. The van der Waals surface area contributed by atoms with E-state index in [-0.39, 0.29) is 17.4 Å². The van der Waals surface area contributed by atoms with Crippen molar-refractivity contribution in [3.63, 3.8) is 0 Å². The highest BCUT2D eigenvalue weighted by Crippen LogP contribution is 2.09. The van der Waals surface area contributed by atoms with E-state index < -0.39 is 0 Å². The lowest BCUT2D eigenvalue weighted by atomic mass is 10.2. The molecular weight excluding hydrogens is 321 g/mol. The Labute approximate surface area is 143 Å². The first-order chi connectivity index (χ1) is 12.2. The van der Waals surface area contributed by atoms with Crippen molar-refractivity contribution in [1.29, 1.82) is 5.26 Å². The van der Waals surface area contributed by atoms with Crippen LogP contribution >= 0.6 is 0 Å². The second kappa shape index (κ2) is 7.36. The summed E-state index contributed by atoms with van der Waals surface area (Å²) < 4.78 is 14.6. The molecule has 6 nitrogen and oxygen atoms in total. The largest absolute Gasteiger partial charge is 0.352 e. The number of nitrogens with one attached hydrogen (secondary N) is 1. The summed E-state index contributed by atoms with van der Waals surface area (Å²) in [6, 6.07) is 12.9. The van der Waals surface area contributed by atoms with Crippen LogP contribution < -0.4 is 5.32 Å². The van der Waals surface area contributed by atoms with Crippen LogP contribution in [0, 0.1) is 17.1 Å². The Morgan fingerprint density at radius 3 is 2.68 bits per heavy atom. The van der Waals surface area contributed by atoms with Crippen LogP contribution in [0.2, 0.25) is 0 Å². The molecule has 0 atom stereocenters. The zero-order valence-corrected chi connectivity index (χ0v) is 13.2. The van der Waals surface area contributed by atoms with Gasteiger partial charge in [0.2, 0.25) is 0 Å². The molecule has 0 spiro atoms. The first-order valence-electron chi connectivity index (χ1n) is 7.60. The van der Waals surface area contributed by atoms with E-state index in [0.29, 0.717) is 18.5 Å². The molecule has 7 heteroatoms. The molecular formula is C18H14FN5O. The van der Waals surface area contributed by atoms with E-state index in [0.717, 1.165) is 11.4 Å². The summed E-state index contributed by atoms with van der Waals surface area (Å²) in [6.45, 7) is 0.416. The van der Waals surface area contributed by atoms with Gasteiger partial charge in [0.1, 0.15) is 17.6 Å². The Morgan fingerprint density at radius 1 is 1.20 bits per heavy atom. The molecule has 0 unspecified atom stereocenters. The van der Waals surface area contributed by atoms with Gasteiger partial charge in [0.05, 0.1) is 16.9 Å². The topological polar surface area (TPSA) is 83.6 Å². The minimum Gasteiger partial charge on any atom is -0.352 e. The number of aromatic nitrogens is 3. The number of rotatable bonds is 5. The van der Waals surface area contributed by atoms with Crippen LogP contribution in [0.25, 0.3) is 5.69 Å². The third-order valence-corrected chi connectivity index (χ3v) is 3.54. The fourth-order valence-corrected chi connectivity index (χ4v) is 2.23. The van der Waals surface area contributed by atoms with Crippen molar-refractivity contribution in [2.45, 2.75) is 6.42 Å². The first kappa shape index (κ1) is 16.3. The van der Waals surface area contributed by atoms with E-state index in [1.807, 2.05) is 12.1 Å². The van der Waals surface area contributed by atoms with Gasteiger partial charge in [-0.05, 0) is 42.5 Å². The molecule has 0 radical (unpaired) electrons. The molecule has 25 heavy (non-hydrogen) atoms. The predicted molar refractivity (Wildman–Crippen MR) is 88.5 cm³/mol. The minimum atomic E-state index is -0.295. The monoisotopic (exact) mass is 335 g/mol. The van der Waals surface area contributed by atoms with Crippen molar-refractivity contribution in [1.82, 2.24) is 20.1 Å². The van der Waals surface area contributed by atoms with Gasteiger partial charge >= 0.3 is 0 Å². The molecule has 1 aromatic carbocycles. The molecule has 0 saturated heterocycles. The number of pyridine rings is 1. The standard InChI is InChI=1S/C18H14FN5O/c19-14-2-5-17(6-3-14)24-10-8-15(23-24)7-9-21-18(25)13-1-4-16(11-20)22-12-13/h1-6,8,10,12H,7,9H2,(H,21,25). The van der Waals surface area contributed by atoms with E-state index in [4.69, 9.17) is 5.26 Å². The van der Waals surface area contributed by atoms with Gasteiger partial charge in [-0.25, -0.2) is 14.1 Å². The number of nitrogens with zero attached hydrogens (tertiary/aromatic N) is 4. The van der Waals surface area contributed by atoms with Crippen LogP contribution in [0.4, 0.5) is 4.39 Å². The lowest BCUT2D eigenvalue weighted by Gasteiger charge is -2.04. The van der Waals surface area contributed by atoms with Crippen LogP contribution in [-0.2, 0) is 6.42 Å². The van der Waals surface area contributed by atoms with Crippen LogP contribution in [0.3, 0.4) is 0 Å². The Morgan fingerprint density at radius 2 is 2.00 bits per heavy atom. The fourth-order valence-electron chi connectivity index (χ4n) is 2.23. The summed E-state index contributed by atoms with van der Waals surface area (Å²) in [5.74, 6) is -0.550. The van der Waals surface area contributed by atoms with Crippen molar-refractivity contribution >= 4 is 5.91 Å². The average Bonchev–Trinajstić information content (AvgIpc) is 3.11. The number of halogens is 1. The molecule has 0 aliphatic heterocycles. The highest BCUT2D eigenvalue weighted by molar-refractivity contribution is 5.93. The molecule has 0 bridgehead atoms. The lowest BCUT2D eigenvalue weighted by Crippen LogP contribution is -2.26. The molecule has 0 saturated carbocycles. The smallest absolute Gasteiger partial charge is 0.252 e. The summed E-state index contributed by atoms with van der Waals surface area (Å²) in [5, 5.41) is 15.9. The van der Waals surface area contributed by atoms with Crippen LogP contribution in [0.5, 0.6) is 0 Å². The van der Waals surface area contributed by atoms with Crippen LogP contribution in [-0.4, -0.2) is 27.2 Å². The van der Waals surface area contributed by atoms with E-state index in [2.05, 4.69) is 15.4 Å². The van der Waals surface area contributed by atoms with Crippen molar-refractivity contribution in [2.75, 3.05) is 6.54 Å². The quantitative estimate of drug-likeness (QED) is 0.775. The van der Waals surface area contributed by atoms with Gasteiger partial charge in [0.15, 0.2) is 0 Å². The summed E-state index contributed by atoms with van der Waals surface area (Å²) in [6.07, 6.45) is 3.72. The molecule has 0 aliphatic rings. The van der Waals surface area contributed by atoms with Crippen molar-refractivity contribution < 1.29 is 9.18 Å². The summed E-state index contributed by atoms with van der Waals surface area (Å²) in [4.78, 5) is 15.9. The van der Waals surface area contributed by atoms with Gasteiger partial charge < -0.3 is 5.32 Å². The Balaban J connectivity index is 1.54. The number of hydrogen-bond donors (Lipinski definition) is 1. The molecule has 1 amide bonds. The molecule has 124 valence electrons. The Kier molecular flexibility index (Phi) is 4.81.